The standard InChI is InChI=1S/C16H19NO4/c1-10-11(2)20-6-5-17(10)9-12-7-16(19)21-15-8-13(18)3-4-14(12)15/h3-4,7-8,10-11,18H,5-6,9H2,1-2H3. The summed E-state index contributed by atoms with van der Waals surface area (Å²) in [6.07, 6.45) is 0.175. The molecule has 0 amide bonds. The Labute approximate surface area is 122 Å². The molecule has 5 nitrogen and oxygen atoms in total. The number of hydrogen-bond acceptors (Lipinski definition) is 5. The van der Waals surface area contributed by atoms with Crippen molar-refractivity contribution in [2.45, 2.75) is 32.5 Å². The highest BCUT2D eigenvalue weighted by Crippen LogP contribution is 2.24. The van der Waals surface area contributed by atoms with Crippen LogP contribution in [0.4, 0.5) is 0 Å². The number of fused-ring (bicyclic) bond motifs is 1. The smallest absolute Gasteiger partial charge is 0.336 e. The summed E-state index contributed by atoms with van der Waals surface area (Å²) in [6, 6.07) is 6.70. The number of benzene rings is 1. The minimum atomic E-state index is -0.392. The fraction of sp³-hybridized carbons (Fsp3) is 0.438. The first-order chi connectivity index (χ1) is 10.0. The van der Waals surface area contributed by atoms with E-state index in [1.54, 1.807) is 12.1 Å². The molecule has 0 saturated carbocycles. The lowest BCUT2D eigenvalue weighted by atomic mass is 10.1. The molecule has 5 heteroatoms. The number of nitrogens with zero attached hydrogens (tertiary/aromatic N) is 1. The van der Waals surface area contributed by atoms with Crippen LogP contribution in [0.15, 0.2) is 33.5 Å². The van der Waals surface area contributed by atoms with Crippen LogP contribution in [0.3, 0.4) is 0 Å². The van der Waals surface area contributed by atoms with Crippen LogP contribution < -0.4 is 5.63 Å². The summed E-state index contributed by atoms with van der Waals surface area (Å²) in [4.78, 5) is 14.0. The van der Waals surface area contributed by atoms with Gasteiger partial charge >= 0.3 is 5.63 Å². The number of rotatable bonds is 2. The van der Waals surface area contributed by atoms with Crippen molar-refractivity contribution in [2.24, 2.45) is 0 Å². The molecule has 0 aliphatic carbocycles. The van der Waals surface area contributed by atoms with Crippen LogP contribution in [0.5, 0.6) is 5.75 Å². The van der Waals surface area contributed by atoms with Crippen LogP contribution >= 0.6 is 0 Å². The topological polar surface area (TPSA) is 62.9 Å². The molecule has 1 saturated heterocycles. The third-order valence-electron chi connectivity index (χ3n) is 4.20. The van der Waals surface area contributed by atoms with E-state index in [0.717, 1.165) is 17.5 Å². The summed E-state index contributed by atoms with van der Waals surface area (Å²) in [5.74, 6) is 0.0937. The molecular formula is C16H19NO4. The highest BCUT2D eigenvalue weighted by molar-refractivity contribution is 5.81. The summed E-state index contributed by atoms with van der Waals surface area (Å²) in [7, 11) is 0. The van der Waals surface area contributed by atoms with Crippen molar-refractivity contribution in [3.8, 4) is 5.75 Å². The molecule has 2 heterocycles. The number of ether oxygens (including phenoxy) is 1. The summed E-state index contributed by atoms with van der Waals surface area (Å²) in [5, 5.41) is 10.4. The predicted octanol–water partition coefficient (Wildman–Crippen LogP) is 2.11. The fourth-order valence-corrected chi connectivity index (χ4v) is 2.79. The van der Waals surface area contributed by atoms with E-state index in [9.17, 15) is 9.90 Å². The van der Waals surface area contributed by atoms with E-state index in [2.05, 4.69) is 18.7 Å². The van der Waals surface area contributed by atoms with E-state index >= 15 is 0 Å². The van der Waals surface area contributed by atoms with Crippen molar-refractivity contribution in [3.05, 3.63) is 40.2 Å². The number of phenols is 1. The van der Waals surface area contributed by atoms with Crippen molar-refractivity contribution in [3.63, 3.8) is 0 Å². The van der Waals surface area contributed by atoms with Gasteiger partial charge in [0.25, 0.3) is 0 Å². The zero-order chi connectivity index (χ0) is 15.0. The quantitative estimate of drug-likeness (QED) is 0.858. The SMILES string of the molecule is CC1OCCN(Cc2cc(=O)oc3cc(O)ccc23)C1C. The second-order valence-corrected chi connectivity index (χ2v) is 5.56. The molecule has 112 valence electrons. The molecule has 0 radical (unpaired) electrons. The molecule has 1 aromatic carbocycles. The van der Waals surface area contributed by atoms with Gasteiger partial charge in [0, 0.05) is 36.7 Å². The molecule has 3 rings (SSSR count). The van der Waals surface area contributed by atoms with Gasteiger partial charge in [0.2, 0.25) is 0 Å². The Bertz CT molecular complexity index is 709. The highest BCUT2D eigenvalue weighted by atomic mass is 16.5. The van der Waals surface area contributed by atoms with Gasteiger partial charge in [-0.3, -0.25) is 4.90 Å². The molecule has 1 N–H and O–H groups in total. The lowest BCUT2D eigenvalue weighted by Crippen LogP contribution is -2.47. The van der Waals surface area contributed by atoms with Crippen LogP contribution in [0, 0.1) is 0 Å². The minimum absolute atomic E-state index is 0.0937. The van der Waals surface area contributed by atoms with Crippen molar-refractivity contribution < 1.29 is 14.3 Å². The van der Waals surface area contributed by atoms with E-state index in [1.165, 1.54) is 12.1 Å². The fourth-order valence-electron chi connectivity index (χ4n) is 2.79. The van der Waals surface area contributed by atoms with Gasteiger partial charge in [0.05, 0.1) is 12.7 Å². The zero-order valence-electron chi connectivity index (χ0n) is 12.2. The number of morpholine rings is 1. The zero-order valence-corrected chi connectivity index (χ0v) is 12.2. The average molecular weight is 289 g/mol. The Balaban J connectivity index is 1.98. The van der Waals surface area contributed by atoms with Crippen LogP contribution in [0.25, 0.3) is 11.0 Å². The van der Waals surface area contributed by atoms with Gasteiger partial charge in [-0.25, -0.2) is 4.79 Å². The van der Waals surface area contributed by atoms with Crippen LogP contribution in [0.2, 0.25) is 0 Å². The molecule has 0 bridgehead atoms. The maximum absolute atomic E-state index is 11.7. The van der Waals surface area contributed by atoms with Gasteiger partial charge in [-0.1, -0.05) is 0 Å². The Morgan fingerprint density at radius 3 is 2.95 bits per heavy atom. The monoisotopic (exact) mass is 289 g/mol. The predicted molar refractivity (Wildman–Crippen MR) is 79.4 cm³/mol. The molecule has 2 unspecified atom stereocenters. The second kappa shape index (κ2) is 5.50. The lowest BCUT2D eigenvalue weighted by Gasteiger charge is -2.37. The Hall–Kier alpha value is -1.85. The highest BCUT2D eigenvalue weighted by Gasteiger charge is 2.25. The van der Waals surface area contributed by atoms with Crippen molar-refractivity contribution in [2.75, 3.05) is 13.2 Å². The normalized spacial score (nSPS) is 23.5. The summed E-state index contributed by atoms with van der Waals surface area (Å²) in [5.41, 5.74) is 0.950. The van der Waals surface area contributed by atoms with Crippen molar-refractivity contribution in [1.82, 2.24) is 4.90 Å². The molecule has 2 aromatic rings. The number of hydrogen-bond donors (Lipinski definition) is 1. The number of aromatic hydroxyl groups is 1. The maximum atomic E-state index is 11.7. The van der Waals surface area contributed by atoms with Crippen LogP contribution in [-0.4, -0.2) is 35.3 Å². The van der Waals surface area contributed by atoms with Gasteiger partial charge in [-0.15, -0.1) is 0 Å². The van der Waals surface area contributed by atoms with Gasteiger partial charge in [0.15, 0.2) is 0 Å². The molecule has 1 fully saturated rings. The van der Waals surface area contributed by atoms with Gasteiger partial charge in [0.1, 0.15) is 11.3 Å². The molecule has 2 atom stereocenters. The Morgan fingerprint density at radius 2 is 2.14 bits per heavy atom. The van der Waals surface area contributed by atoms with Crippen LogP contribution in [-0.2, 0) is 11.3 Å². The molecule has 1 aliphatic heterocycles. The number of phenolic OH excluding ortho intramolecular Hbond substituents is 1. The van der Waals surface area contributed by atoms with E-state index in [0.29, 0.717) is 18.7 Å². The Morgan fingerprint density at radius 1 is 1.33 bits per heavy atom. The van der Waals surface area contributed by atoms with Crippen LogP contribution in [0.1, 0.15) is 19.4 Å². The van der Waals surface area contributed by atoms with E-state index < -0.39 is 5.63 Å². The van der Waals surface area contributed by atoms with Gasteiger partial charge in [-0.2, -0.15) is 0 Å². The average Bonchev–Trinajstić information content (AvgIpc) is 2.43. The third kappa shape index (κ3) is 2.80. The summed E-state index contributed by atoms with van der Waals surface area (Å²) < 4.78 is 10.8. The largest absolute Gasteiger partial charge is 0.508 e. The maximum Gasteiger partial charge on any atom is 0.336 e. The van der Waals surface area contributed by atoms with E-state index in [1.807, 2.05) is 0 Å². The first-order valence-corrected chi connectivity index (χ1v) is 7.16. The lowest BCUT2D eigenvalue weighted by molar-refractivity contribution is -0.0583. The first-order valence-electron chi connectivity index (χ1n) is 7.16. The molecule has 1 aliphatic rings. The molecule has 0 spiro atoms. The van der Waals surface area contributed by atoms with Gasteiger partial charge in [-0.05, 0) is 31.5 Å². The molecule has 21 heavy (non-hydrogen) atoms. The summed E-state index contributed by atoms with van der Waals surface area (Å²) in [6.45, 7) is 6.40. The third-order valence-corrected chi connectivity index (χ3v) is 4.20. The van der Waals surface area contributed by atoms with Crippen molar-refractivity contribution >= 4 is 11.0 Å². The minimum Gasteiger partial charge on any atom is -0.508 e. The van der Waals surface area contributed by atoms with Gasteiger partial charge < -0.3 is 14.3 Å². The first kappa shape index (κ1) is 14.1. The van der Waals surface area contributed by atoms with E-state index in [-0.39, 0.29) is 17.9 Å². The molecular weight excluding hydrogens is 270 g/mol. The Kier molecular flexibility index (Phi) is 3.69. The van der Waals surface area contributed by atoms with E-state index in [4.69, 9.17) is 9.15 Å². The second-order valence-electron chi connectivity index (χ2n) is 5.56. The van der Waals surface area contributed by atoms with Crippen molar-refractivity contribution in [1.29, 1.82) is 0 Å². The molecule has 1 aromatic heterocycles. The summed E-state index contributed by atoms with van der Waals surface area (Å²) >= 11 is 0.